The van der Waals surface area contributed by atoms with Crippen LogP contribution >= 0.6 is 27.3 Å². The molecule has 0 radical (unpaired) electrons. The van der Waals surface area contributed by atoms with Crippen molar-refractivity contribution in [3.63, 3.8) is 0 Å². The van der Waals surface area contributed by atoms with Gasteiger partial charge in [-0.25, -0.2) is 14.8 Å². The Labute approximate surface area is 132 Å². The molecular weight excluding hydrogens is 356 g/mol. The van der Waals surface area contributed by atoms with Gasteiger partial charge in [-0.1, -0.05) is 22.0 Å². The third-order valence-corrected chi connectivity index (χ3v) is 4.58. The van der Waals surface area contributed by atoms with Crippen LogP contribution in [0, 0.1) is 6.92 Å². The fraction of sp³-hybridized carbons (Fsp3) is 0.0714. The minimum absolute atomic E-state index is 0.254. The molecule has 3 aromatic rings. The quantitative estimate of drug-likeness (QED) is 0.751. The van der Waals surface area contributed by atoms with Crippen molar-refractivity contribution in [1.82, 2.24) is 9.97 Å². The smallest absolute Gasteiger partial charge is 0.346 e. The van der Waals surface area contributed by atoms with Crippen LogP contribution in [0.4, 0.5) is 0 Å². The van der Waals surface area contributed by atoms with Crippen molar-refractivity contribution in [2.45, 2.75) is 6.92 Å². The van der Waals surface area contributed by atoms with Crippen LogP contribution in [-0.4, -0.2) is 21.0 Å². The van der Waals surface area contributed by atoms with Crippen molar-refractivity contribution in [3.05, 3.63) is 45.5 Å². The highest BCUT2D eigenvalue weighted by molar-refractivity contribution is 9.10. The summed E-state index contributed by atoms with van der Waals surface area (Å²) < 4.78 is 6.67. The minimum Gasteiger partial charge on any atom is -0.477 e. The first-order chi connectivity index (χ1) is 10.1. The Hall–Kier alpha value is -1.99. The van der Waals surface area contributed by atoms with E-state index in [1.165, 1.54) is 6.33 Å². The molecule has 1 aromatic carbocycles. The zero-order valence-electron chi connectivity index (χ0n) is 10.8. The van der Waals surface area contributed by atoms with Gasteiger partial charge in [0, 0.05) is 4.47 Å². The number of aromatic carboxylic acids is 1. The van der Waals surface area contributed by atoms with E-state index >= 15 is 0 Å². The van der Waals surface area contributed by atoms with Gasteiger partial charge in [-0.2, -0.15) is 0 Å². The zero-order chi connectivity index (χ0) is 15.0. The molecule has 0 amide bonds. The molecule has 1 N–H and O–H groups in total. The van der Waals surface area contributed by atoms with Crippen LogP contribution in [-0.2, 0) is 0 Å². The summed E-state index contributed by atoms with van der Waals surface area (Å²) in [7, 11) is 0. The number of thiophene rings is 1. The standard InChI is InChI=1S/C14H9BrN2O3S/c1-7-10-12(20-9-4-2-3-8(15)5-9)16-6-17-13(10)21-11(7)14(18)19/h2-6H,1H3,(H,18,19). The number of hydrogen-bond donors (Lipinski definition) is 1. The molecular formula is C14H9BrN2O3S. The highest BCUT2D eigenvalue weighted by Gasteiger charge is 2.19. The topological polar surface area (TPSA) is 72.3 Å². The molecule has 0 unspecified atom stereocenters. The number of ether oxygens (including phenoxy) is 1. The van der Waals surface area contributed by atoms with Gasteiger partial charge in [-0.05, 0) is 30.7 Å². The van der Waals surface area contributed by atoms with Crippen molar-refractivity contribution in [3.8, 4) is 11.6 Å². The van der Waals surface area contributed by atoms with Crippen molar-refractivity contribution in [1.29, 1.82) is 0 Å². The first-order valence-corrected chi connectivity index (χ1v) is 7.58. The number of aromatic nitrogens is 2. The predicted molar refractivity (Wildman–Crippen MR) is 83.3 cm³/mol. The van der Waals surface area contributed by atoms with Crippen LogP contribution in [0.5, 0.6) is 11.6 Å². The van der Waals surface area contributed by atoms with Crippen LogP contribution in [0.15, 0.2) is 35.1 Å². The normalized spacial score (nSPS) is 10.8. The number of rotatable bonds is 3. The van der Waals surface area contributed by atoms with Crippen LogP contribution in [0.2, 0.25) is 0 Å². The first-order valence-electron chi connectivity index (χ1n) is 5.97. The number of halogens is 1. The van der Waals surface area contributed by atoms with Crippen molar-refractivity contribution in [2.24, 2.45) is 0 Å². The SMILES string of the molecule is Cc1c(C(=O)O)sc2ncnc(Oc3cccc(Br)c3)c12. The average molecular weight is 365 g/mol. The Morgan fingerprint density at radius 3 is 2.90 bits per heavy atom. The summed E-state index contributed by atoms with van der Waals surface area (Å²) in [6.45, 7) is 1.74. The fourth-order valence-corrected chi connectivity index (χ4v) is 3.32. The van der Waals surface area contributed by atoms with E-state index in [1.54, 1.807) is 13.0 Å². The Kier molecular flexibility index (Phi) is 3.60. The number of aryl methyl sites for hydroxylation is 1. The minimum atomic E-state index is -0.969. The lowest BCUT2D eigenvalue weighted by Gasteiger charge is -2.06. The van der Waals surface area contributed by atoms with Gasteiger partial charge in [0.15, 0.2) is 0 Å². The van der Waals surface area contributed by atoms with E-state index in [1.807, 2.05) is 18.2 Å². The van der Waals surface area contributed by atoms with Gasteiger partial charge in [0.2, 0.25) is 5.88 Å². The number of carbonyl (C=O) groups is 1. The first kappa shape index (κ1) is 14.0. The molecule has 0 aliphatic rings. The average Bonchev–Trinajstić information content (AvgIpc) is 2.77. The molecule has 0 atom stereocenters. The monoisotopic (exact) mass is 364 g/mol. The van der Waals surface area contributed by atoms with Crippen LogP contribution in [0.25, 0.3) is 10.2 Å². The third-order valence-electron chi connectivity index (χ3n) is 2.90. The second-order valence-electron chi connectivity index (χ2n) is 4.28. The van der Waals surface area contributed by atoms with Gasteiger partial charge < -0.3 is 9.84 Å². The highest BCUT2D eigenvalue weighted by Crippen LogP contribution is 2.36. The molecule has 3 rings (SSSR count). The summed E-state index contributed by atoms with van der Waals surface area (Å²) in [5, 5.41) is 9.84. The number of nitrogens with zero attached hydrogens (tertiary/aromatic N) is 2. The molecule has 0 aliphatic heterocycles. The summed E-state index contributed by atoms with van der Waals surface area (Å²) in [6.07, 6.45) is 1.37. The van der Waals surface area contributed by atoms with Crippen LogP contribution in [0.1, 0.15) is 15.2 Å². The number of carboxylic acid groups (broad SMARTS) is 1. The summed E-state index contributed by atoms with van der Waals surface area (Å²) >= 11 is 4.49. The molecule has 7 heteroatoms. The van der Waals surface area contributed by atoms with E-state index in [0.29, 0.717) is 27.4 Å². The Morgan fingerprint density at radius 1 is 1.38 bits per heavy atom. The molecule has 0 saturated heterocycles. The van der Waals surface area contributed by atoms with E-state index in [0.717, 1.165) is 15.8 Å². The lowest BCUT2D eigenvalue weighted by Crippen LogP contribution is -1.95. The fourth-order valence-electron chi connectivity index (χ4n) is 1.96. The number of benzene rings is 1. The van der Waals surface area contributed by atoms with Crippen LogP contribution in [0.3, 0.4) is 0 Å². The lowest BCUT2D eigenvalue weighted by molar-refractivity contribution is 0.0701. The predicted octanol–water partition coefficient (Wildman–Crippen LogP) is 4.25. The number of fused-ring (bicyclic) bond motifs is 1. The van der Waals surface area contributed by atoms with E-state index < -0.39 is 5.97 Å². The summed E-state index contributed by atoms with van der Waals surface area (Å²) in [5.41, 5.74) is 0.619. The zero-order valence-corrected chi connectivity index (χ0v) is 13.2. The van der Waals surface area contributed by atoms with E-state index in [2.05, 4.69) is 25.9 Å². The summed E-state index contributed by atoms with van der Waals surface area (Å²) in [6, 6.07) is 7.36. The maximum atomic E-state index is 11.2. The summed E-state index contributed by atoms with van der Waals surface area (Å²) in [5.74, 6) is 0.00936. The van der Waals surface area contributed by atoms with Crippen molar-refractivity contribution in [2.75, 3.05) is 0 Å². The van der Waals surface area contributed by atoms with Crippen molar-refractivity contribution < 1.29 is 14.6 Å². The molecule has 106 valence electrons. The van der Waals surface area contributed by atoms with Crippen molar-refractivity contribution >= 4 is 43.5 Å². The molecule has 0 aliphatic carbocycles. The Balaban J connectivity index is 2.12. The maximum Gasteiger partial charge on any atom is 0.346 e. The second-order valence-corrected chi connectivity index (χ2v) is 6.19. The molecule has 0 fully saturated rings. The van der Waals surface area contributed by atoms with Gasteiger partial charge in [-0.15, -0.1) is 11.3 Å². The third kappa shape index (κ3) is 2.62. The Morgan fingerprint density at radius 2 is 2.19 bits per heavy atom. The van der Waals surface area contributed by atoms with Gasteiger partial charge in [-0.3, -0.25) is 0 Å². The van der Waals surface area contributed by atoms with Crippen LogP contribution < -0.4 is 4.74 Å². The molecule has 0 bridgehead atoms. The van der Waals surface area contributed by atoms with Gasteiger partial charge in [0.05, 0.1) is 5.39 Å². The maximum absolute atomic E-state index is 11.2. The van der Waals surface area contributed by atoms with E-state index in [9.17, 15) is 9.90 Å². The van der Waals surface area contributed by atoms with E-state index in [4.69, 9.17) is 4.74 Å². The number of hydrogen-bond acceptors (Lipinski definition) is 5. The summed E-state index contributed by atoms with van der Waals surface area (Å²) in [4.78, 5) is 20.3. The second kappa shape index (κ2) is 5.42. The van der Waals surface area contributed by atoms with Gasteiger partial charge in [0.25, 0.3) is 0 Å². The Bertz CT molecular complexity index is 847. The van der Waals surface area contributed by atoms with E-state index in [-0.39, 0.29) is 4.88 Å². The molecule has 21 heavy (non-hydrogen) atoms. The molecule has 0 saturated carbocycles. The highest BCUT2D eigenvalue weighted by atomic mass is 79.9. The van der Waals surface area contributed by atoms with Gasteiger partial charge >= 0.3 is 5.97 Å². The molecule has 2 aromatic heterocycles. The lowest BCUT2D eigenvalue weighted by atomic mass is 10.2. The number of carboxylic acids is 1. The molecule has 0 spiro atoms. The largest absolute Gasteiger partial charge is 0.477 e. The molecule has 2 heterocycles. The molecule has 5 nitrogen and oxygen atoms in total. The van der Waals surface area contributed by atoms with Gasteiger partial charge in [0.1, 0.15) is 21.8 Å².